The van der Waals surface area contributed by atoms with Gasteiger partial charge in [0.25, 0.3) is 5.91 Å². The maximum atomic E-state index is 12.2. The molecule has 2 heteroatoms. The van der Waals surface area contributed by atoms with Gasteiger partial charge in [0.1, 0.15) is 0 Å². The van der Waals surface area contributed by atoms with Crippen molar-refractivity contribution in [3.05, 3.63) is 35.4 Å². The second-order valence-corrected chi connectivity index (χ2v) is 7.26. The van der Waals surface area contributed by atoms with Gasteiger partial charge in [-0.05, 0) is 54.7 Å². The molecule has 0 aromatic heterocycles. The zero-order chi connectivity index (χ0) is 14.8. The Labute approximate surface area is 123 Å². The molecule has 0 heterocycles. The first-order valence-electron chi connectivity index (χ1n) is 7.77. The Bertz CT molecular complexity index is 447. The van der Waals surface area contributed by atoms with Crippen LogP contribution in [0.5, 0.6) is 0 Å². The van der Waals surface area contributed by atoms with E-state index in [4.69, 9.17) is 0 Å². The lowest BCUT2D eigenvalue weighted by molar-refractivity contribution is 0.0923. The Morgan fingerprint density at radius 3 is 2.10 bits per heavy atom. The van der Waals surface area contributed by atoms with Crippen molar-refractivity contribution in [2.24, 2.45) is 5.92 Å². The summed E-state index contributed by atoms with van der Waals surface area (Å²) < 4.78 is 0. The standard InChI is InChI=1S/C18H27NO/c1-13-5-11-16(12-6-13)19-17(20)14-7-9-15(10-8-14)18(2,3)4/h7-10,13,16H,5-6,11-12H2,1-4H3,(H,19,20). The second kappa shape index (κ2) is 5.99. The van der Waals surface area contributed by atoms with Crippen LogP contribution in [0, 0.1) is 5.92 Å². The van der Waals surface area contributed by atoms with Gasteiger partial charge < -0.3 is 5.32 Å². The predicted molar refractivity (Wildman–Crippen MR) is 84.0 cm³/mol. The van der Waals surface area contributed by atoms with Crippen LogP contribution in [0.2, 0.25) is 0 Å². The summed E-state index contributed by atoms with van der Waals surface area (Å²) >= 11 is 0. The molecule has 0 aliphatic heterocycles. The summed E-state index contributed by atoms with van der Waals surface area (Å²) in [7, 11) is 0. The molecule has 1 fully saturated rings. The Kier molecular flexibility index (Phi) is 4.52. The highest BCUT2D eigenvalue weighted by Crippen LogP contribution is 2.24. The number of hydrogen-bond acceptors (Lipinski definition) is 1. The number of nitrogens with one attached hydrogen (secondary N) is 1. The second-order valence-electron chi connectivity index (χ2n) is 7.26. The van der Waals surface area contributed by atoms with Gasteiger partial charge in [-0.25, -0.2) is 0 Å². The van der Waals surface area contributed by atoms with Gasteiger partial charge in [0.15, 0.2) is 0 Å². The Balaban J connectivity index is 1.96. The van der Waals surface area contributed by atoms with Gasteiger partial charge >= 0.3 is 0 Å². The van der Waals surface area contributed by atoms with Crippen molar-refractivity contribution >= 4 is 5.91 Å². The van der Waals surface area contributed by atoms with Crippen molar-refractivity contribution in [2.75, 3.05) is 0 Å². The van der Waals surface area contributed by atoms with Crippen LogP contribution in [0.4, 0.5) is 0 Å². The molecular formula is C18H27NO. The summed E-state index contributed by atoms with van der Waals surface area (Å²) in [5, 5.41) is 3.17. The lowest BCUT2D eigenvalue weighted by Gasteiger charge is -2.27. The normalized spacial score (nSPS) is 23.4. The van der Waals surface area contributed by atoms with E-state index in [9.17, 15) is 4.79 Å². The van der Waals surface area contributed by atoms with Crippen LogP contribution < -0.4 is 5.32 Å². The van der Waals surface area contributed by atoms with Crippen molar-refractivity contribution in [1.82, 2.24) is 5.32 Å². The van der Waals surface area contributed by atoms with Gasteiger partial charge in [0.2, 0.25) is 0 Å². The first-order chi connectivity index (χ1) is 9.36. The fourth-order valence-corrected chi connectivity index (χ4v) is 2.79. The van der Waals surface area contributed by atoms with Crippen LogP contribution in [-0.2, 0) is 5.41 Å². The van der Waals surface area contributed by atoms with Crippen molar-refractivity contribution < 1.29 is 4.79 Å². The summed E-state index contributed by atoms with van der Waals surface area (Å²) in [6, 6.07) is 8.39. The minimum atomic E-state index is 0.0741. The average molecular weight is 273 g/mol. The van der Waals surface area contributed by atoms with Crippen LogP contribution in [-0.4, -0.2) is 11.9 Å². The van der Waals surface area contributed by atoms with E-state index in [-0.39, 0.29) is 11.3 Å². The molecular weight excluding hydrogens is 246 g/mol. The molecule has 1 aliphatic rings. The Morgan fingerprint density at radius 2 is 1.60 bits per heavy atom. The molecule has 0 spiro atoms. The Morgan fingerprint density at radius 1 is 1.05 bits per heavy atom. The molecule has 1 aliphatic carbocycles. The minimum absolute atomic E-state index is 0.0741. The number of carbonyl (C=O) groups is 1. The van der Waals surface area contributed by atoms with E-state index < -0.39 is 0 Å². The maximum absolute atomic E-state index is 12.2. The highest BCUT2D eigenvalue weighted by molar-refractivity contribution is 5.94. The fraction of sp³-hybridized carbons (Fsp3) is 0.611. The third kappa shape index (κ3) is 3.84. The van der Waals surface area contributed by atoms with E-state index in [0.29, 0.717) is 6.04 Å². The number of carbonyl (C=O) groups excluding carboxylic acids is 1. The van der Waals surface area contributed by atoms with Gasteiger partial charge in [-0.1, -0.05) is 39.8 Å². The van der Waals surface area contributed by atoms with E-state index in [2.05, 4.69) is 45.1 Å². The highest BCUT2D eigenvalue weighted by atomic mass is 16.1. The van der Waals surface area contributed by atoms with E-state index in [0.717, 1.165) is 24.3 Å². The summed E-state index contributed by atoms with van der Waals surface area (Å²) in [6.07, 6.45) is 4.70. The summed E-state index contributed by atoms with van der Waals surface area (Å²) in [4.78, 5) is 12.2. The van der Waals surface area contributed by atoms with Gasteiger partial charge in [-0.2, -0.15) is 0 Å². The zero-order valence-corrected chi connectivity index (χ0v) is 13.2. The topological polar surface area (TPSA) is 29.1 Å². The van der Waals surface area contributed by atoms with Crippen LogP contribution in [0.15, 0.2) is 24.3 Å². The average Bonchev–Trinajstić information content (AvgIpc) is 2.40. The van der Waals surface area contributed by atoms with Crippen LogP contribution >= 0.6 is 0 Å². The summed E-state index contributed by atoms with van der Waals surface area (Å²) in [5.41, 5.74) is 2.17. The van der Waals surface area contributed by atoms with Crippen molar-refractivity contribution in [2.45, 2.75) is 64.8 Å². The van der Waals surface area contributed by atoms with Gasteiger partial charge in [0, 0.05) is 11.6 Å². The van der Waals surface area contributed by atoms with Gasteiger partial charge in [0.05, 0.1) is 0 Å². The van der Waals surface area contributed by atoms with E-state index in [1.54, 1.807) is 0 Å². The smallest absolute Gasteiger partial charge is 0.251 e. The zero-order valence-electron chi connectivity index (χ0n) is 13.2. The molecule has 2 rings (SSSR count). The summed E-state index contributed by atoms with van der Waals surface area (Å²) in [5.74, 6) is 0.888. The molecule has 1 amide bonds. The molecule has 0 saturated heterocycles. The third-order valence-electron chi connectivity index (χ3n) is 4.36. The van der Waals surface area contributed by atoms with Crippen LogP contribution in [0.1, 0.15) is 69.3 Å². The molecule has 0 radical (unpaired) electrons. The van der Waals surface area contributed by atoms with Gasteiger partial charge in [-0.3, -0.25) is 4.79 Å². The molecule has 1 saturated carbocycles. The molecule has 1 aromatic carbocycles. The number of benzene rings is 1. The largest absolute Gasteiger partial charge is 0.349 e. The first kappa shape index (κ1) is 15.1. The molecule has 0 bridgehead atoms. The molecule has 0 unspecified atom stereocenters. The van der Waals surface area contributed by atoms with E-state index >= 15 is 0 Å². The van der Waals surface area contributed by atoms with Crippen molar-refractivity contribution in [3.63, 3.8) is 0 Å². The third-order valence-corrected chi connectivity index (χ3v) is 4.36. The quantitative estimate of drug-likeness (QED) is 0.855. The Hall–Kier alpha value is -1.31. The molecule has 2 nitrogen and oxygen atoms in total. The number of rotatable bonds is 2. The van der Waals surface area contributed by atoms with Crippen LogP contribution in [0.25, 0.3) is 0 Å². The highest BCUT2D eigenvalue weighted by Gasteiger charge is 2.20. The first-order valence-corrected chi connectivity index (χ1v) is 7.77. The monoisotopic (exact) mass is 273 g/mol. The lowest BCUT2D eigenvalue weighted by atomic mass is 9.86. The van der Waals surface area contributed by atoms with Crippen molar-refractivity contribution in [3.8, 4) is 0 Å². The maximum Gasteiger partial charge on any atom is 0.251 e. The lowest BCUT2D eigenvalue weighted by Crippen LogP contribution is -2.37. The minimum Gasteiger partial charge on any atom is -0.349 e. The SMILES string of the molecule is CC1CCC(NC(=O)c2ccc(C(C)(C)C)cc2)CC1. The van der Waals surface area contributed by atoms with Gasteiger partial charge in [-0.15, -0.1) is 0 Å². The number of amides is 1. The number of hydrogen-bond donors (Lipinski definition) is 1. The molecule has 1 N–H and O–H groups in total. The molecule has 0 atom stereocenters. The molecule has 110 valence electrons. The fourth-order valence-electron chi connectivity index (χ4n) is 2.79. The van der Waals surface area contributed by atoms with Crippen molar-refractivity contribution in [1.29, 1.82) is 0 Å². The summed E-state index contributed by atoms with van der Waals surface area (Å²) in [6.45, 7) is 8.85. The molecule has 1 aromatic rings. The molecule has 20 heavy (non-hydrogen) atoms. The van der Waals surface area contributed by atoms with E-state index in [1.807, 2.05) is 12.1 Å². The van der Waals surface area contributed by atoms with Crippen LogP contribution in [0.3, 0.4) is 0 Å². The van der Waals surface area contributed by atoms with E-state index in [1.165, 1.54) is 18.4 Å². The predicted octanol–water partition coefficient (Wildman–Crippen LogP) is 4.29.